The third kappa shape index (κ3) is 3.73. The Balaban J connectivity index is 2.15. The summed E-state index contributed by atoms with van der Waals surface area (Å²) in [6, 6.07) is 4.46. The molecule has 1 aliphatic rings. The predicted octanol–water partition coefficient (Wildman–Crippen LogP) is 3.90. The first-order valence-corrected chi connectivity index (χ1v) is 7.57. The lowest BCUT2D eigenvalue weighted by atomic mass is 9.89. The molecule has 5 nitrogen and oxygen atoms in total. The van der Waals surface area contributed by atoms with E-state index in [1.165, 1.54) is 31.4 Å². The fraction of sp³-hybridized carbons (Fsp3) is 0.533. The highest BCUT2D eigenvalue weighted by Gasteiger charge is 2.27. The van der Waals surface area contributed by atoms with Gasteiger partial charge in [0.1, 0.15) is 10.6 Å². The normalized spacial score (nSPS) is 15.7. The second-order valence-electron chi connectivity index (χ2n) is 5.58. The molecule has 0 atom stereocenters. The van der Waals surface area contributed by atoms with E-state index in [1.807, 2.05) is 0 Å². The molecule has 0 saturated heterocycles. The fourth-order valence-corrected chi connectivity index (χ4v) is 3.16. The molecule has 1 fully saturated rings. The Morgan fingerprint density at radius 2 is 2.05 bits per heavy atom. The average molecular weight is 311 g/mol. The van der Waals surface area contributed by atoms with Crippen LogP contribution in [-0.2, 0) is 0 Å². The number of amides is 1. The molecule has 0 unspecified atom stereocenters. The van der Waals surface area contributed by atoms with Crippen molar-refractivity contribution in [2.45, 2.75) is 32.1 Å². The highest BCUT2D eigenvalue weighted by atomic mass is 35.5. The second kappa shape index (κ2) is 6.89. The van der Waals surface area contributed by atoms with E-state index in [0.29, 0.717) is 12.5 Å². The fourth-order valence-electron chi connectivity index (χ4n) is 2.92. The van der Waals surface area contributed by atoms with Crippen molar-refractivity contribution in [3.63, 3.8) is 0 Å². The van der Waals surface area contributed by atoms with Crippen LogP contribution in [0.1, 0.15) is 42.5 Å². The smallest absolute Gasteiger partial charge is 0.300 e. The molecule has 6 heteroatoms. The van der Waals surface area contributed by atoms with Crippen molar-refractivity contribution < 1.29 is 9.72 Å². The van der Waals surface area contributed by atoms with Crippen LogP contribution in [0.5, 0.6) is 0 Å². The molecular formula is C15H19ClN2O3. The van der Waals surface area contributed by atoms with Gasteiger partial charge in [-0.15, -0.1) is 0 Å². The lowest BCUT2D eigenvalue weighted by Crippen LogP contribution is -2.33. The summed E-state index contributed by atoms with van der Waals surface area (Å²) < 4.78 is 0. The molecule has 2 rings (SSSR count). The number of carbonyl (C=O) groups is 1. The van der Waals surface area contributed by atoms with Gasteiger partial charge in [-0.1, -0.05) is 36.9 Å². The standard InChI is InChI=1S/C15H19ClN2O3/c1-17(10-11-6-3-2-4-7-11)15(19)12-8-5-9-13(16)14(12)18(20)21/h5,8-9,11H,2-4,6-7,10H2,1H3. The molecule has 114 valence electrons. The number of carbonyl (C=O) groups excluding carboxylic acids is 1. The van der Waals surface area contributed by atoms with Gasteiger partial charge in [0, 0.05) is 13.6 Å². The molecule has 1 aromatic carbocycles. The lowest BCUT2D eigenvalue weighted by Gasteiger charge is -2.27. The van der Waals surface area contributed by atoms with Gasteiger partial charge in [0.05, 0.1) is 4.92 Å². The maximum absolute atomic E-state index is 12.5. The monoisotopic (exact) mass is 310 g/mol. The Bertz CT molecular complexity index is 542. The molecule has 1 amide bonds. The van der Waals surface area contributed by atoms with E-state index in [1.54, 1.807) is 18.0 Å². The second-order valence-corrected chi connectivity index (χ2v) is 5.99. The molecule has 0 spiro atoms. The minimum absolute atomic E-state index is 0.00286. The largest absolute Gasteiger partial charge is 0.341 e. The van der Waals surface area contributed by atoms with Crippen molar-refractivity contribution in [1.29, 1.82) is 0 Å². The molecule has 21 heavy (non-hydrogen) atoms. The molecule has 0 radical (unpaired) electrons. The first kappa shape index (κ1) is 15.8. The van der Waals surface area contributed by atoms with E-state index in [-0.39, 0.29) is 22.2 Å². The van der Waals surface area contributed by atoms with Crippen LogP contribution in [0.2, 0.25) is 5.02 Å². The summed E-state index contributed by atoms with van der Waals surface area (Å²) in [4.78, 5) is 24.6. The van der Waals surface area contributed by atoms with Crippen molar-refractivity contribution in [3.05, 3.63) is 38.9 Å². The maximum Gasteiger partial charge on any atom is 0.300 e. The first-order chi connectivity index (χ1) is 10.0. The number of para-hydroxylation sites is 1. The van der Waals surface area contributed by atoms with Crippen molar-refractivity contribution in [1.82, 2.24) is 4.90 Å². The van der Waals surface area contributed by atoms with Crippen LogP contribution in [0.3, 0.4) is 0 Å². The minimum atomic E-state index is -0.593. The topological polar surface area (TPSA) is 63.5 Å². The maximum atomic E-state index is 12.5. The average Bonchev–Trinajstić information content (AvgIpc) is 2.46. The molecule has 0 heterocycles. The molecule has 0 bridgehead atoms. The van der Waals surface area contributed by atoms with Crippen LogP contribution in [0.4, 0.5) is 5.69 Å². The predicted molar refractivity (Wildman–Crippen MR) is 81.6 cm³/mol. The van der Waals surface area contributed by atoms with Crippen LogP contribution in [0.15, 0.2) is 18.2 Å². The molecule has 1 aliphatic carbocycles. The van der Waals surface area contributed by atoms with Gasteiger partial charge in [-0.2, -0.15) is 0 Å². The molecule has 0 N–H and O–H groups in total. The van der Waals surface area contributed by atoms with Crippen LogP contribution in [0.25, 0.3) is 0 Å². The number of halogens is 1. The summed E-state index contributed by atoms with van der Waals surface area (Å²) in [7, 11) is 1.70. The summed E-state index contributed by atoms with van der Waals surface area (Å²) in [5.41, 5.74) is -0.245. The summed E-state index contributed by atoms with van der Waals surface area (Å²) in [6.45, 7) is 0.641. The highest BCUT2D eigenvalue weighted by Crippen LogP contribution is 2.30. The Labute approximate surface area is 129 Å². The molecule has 1 aromatic rings. The Kier molecular flexibility index (Phi) is 5.17. The van der Waals surface area contributed by atoms with Crippen molar-refractivity contribution in [2.75, 3.05) is 13.6 Å². The number of hydrogen-bond donors (Lipinski definition) is 0. The zero-order valence-corrected chi connectivity index (χ0v) is 12.8. The van der Waals surface area contributed by atoms with Gasteiger partial charge in [0.2, 0.25) is 0 Å². The van der Waals surface area contributed by atoms with Crippen molar-refractivity contribution in [2.24, 2.45) is 5.92 Å². The number of hydrogen-bond acceptors (Lipinski definition) is 3. The van der Waals surface area contributed by atoms with Gasteiger partial charge in [0.25, 0.3) is 5.91 Å². The van der Waals surface area contributed by atoms with Crippen LogP contribution < -0.4 is 0 Å². The van der Waals surface area contributed by atoms with E-state index < -0.39 is 4.92 Å². The summed E-state index contributed by atoms with van der Waals surface area (Å²) in [5.74, 6) is 0.153. The number of nitrogens with zero attached hydrogens (tertiary/aromatic N) is 2. The van der Waals surface area contributed by atoms with Gasteiger partial charge in [-0.3, -0.25) is 14.9 Å². The summed E-state index contributed by atoms with van der Waals surface area (Å²) in [5, 5.41) is 11.1. The van der Waals surface area contributed by atoms with Crippen LogP contribution in [-0.4, -0.2) is 29.3 Å². The molecule has 0 aliphatic heterocycles. The number of nitro groups is 1. The van der Waals surface area contributed by atoms with Crippen LogP contribution >= 0.6 is 11.6 Å². The Morgan fingerprint density at radius 3 is 2.67 bits per heavy atom. The van der Waals surface area contributed by atoms with E-state index in [4.69, 9.17) is 11.6 Å². The van der Waals surface area contributed by atoms with E-state index in [0.717, 1.165) is 12.8 Å². The van der Waals surface area contributed by atoms with Crippen LogP contribution in [0, 0.1) is 16.0 Å². The quantitative estimate of drug-likeness (QED) is 0.626. The van der Waals surface area contributed by atoms with Gasteiger partial charge >= 0.3 is 5.69 Å². The van der Waals surface area contributed by atoms with Crippen molar-refractivity contribution >= 4 is 23.2 Å². The zero-order valence-electron chi connectivity index (χ0n) is 12.0. The Morgan fingerprint density at radius 1 is 1.38 bits per heavy atom. The summed E-state index contributed by atoms with van der Waals surface area (Å²) >= 11 is 5.85. The molecule has 1 saturated carbocycles. The SMILES string of the molecule is CN(CC1CCCCC1)C(=O)c1cccc(Cl)c1[N+](=O)[O-]. The first-order valence-electron chi connectivity index (χ1n) is 7.19. The van der Waals surface area contributed by atoms with Gasteiger partial charge in [0.15, 0.2) is 0 Å². The lowest BCUT2D eigenvalue weighted by molar-refractivity contribution is -0.385. The van der Waals surface area contributed by atoms with Gasteiger partial charge in [-0.05, 0) is 30.9 Å². The van der Waals surface area contributed by atoms with Crippen molar-refractivity contribution in [3.8, 4) is 0 Å². The third-order valence-corrected chi connectivity index (χ3v) is 4.31. The number of rotatable bonds is 4. The highest BCUT2D eigenvalue weighted by molar-refractivity contribution is 6.33. The van der Waals surface area contributed by atoms with E-state index in [9.17, 15) is 14.9 Å². The van der Waals surface area contributed by atoms with E-state index in [2.05, 4.69) is 0 Å². The van der Waals surface area contributed by atoms with Gasteiger partial charge in [-0.25, -0.2) is 0 Å². The number of nitro benzene ring substituents is 1. The molecule has 0 aromatic heterocycles. The summed E-state index contributed by atoms with van der Waals surface area (Å²) in [6.07, 6.45) is 5.90. The minimum Gasteiger partial charge on any atom is -0.341 e. The Hall–Kier alpha value is -1.62. The third-order valence-electron chi connectivity index (χ3n) is 4.00. The number of benzene rings is 1. The van der Waals surface area contributed by atoms with E-state index >= 15 is 0 Å². The van der Waals surface area contributed by atoms with Gasteiger partial charge < -0.3 is 4.90 Å². The zero-order chi connectivity index (χ0) is 15.4. The molecular weight excluding hydrogens is 292 g/mol.